The lowest BCUT2D eigenvalue weighted by atomic mass is 10.1. The average molecular weight is 773 g/mol. The maximum Gasteiger partial charge on any atom is 0.305 e. The zero-order valence-corrected chi connectivity index (χ0v) is 35.0. The van der Waals surface area contributed by atoms with E-state index in [1.165, 1.54) is 56.3 Å². The van der Waals surface area contributed by atoms with Gasteiger partial charge in [-0.15, -0.1) is 0 Å². The number of nitrogens with zero attached hydrogens (tertiary/aromatic N) is 2. The number of carbonyl (C=O) groups excluding carboxylic acids is 3. The van der Waals surface area contributed by atoms with Gasteiger partial charge in [-0.05, 0) is 77.0 Å². The van der Waals surface area contributed by atoms with Crippen LogP contribution in [0.4, 0.5) is 0 Å². The van der Waals surface area contributed by atoms with E-state index in [9.17, 15) is 24.6 Å². The zero-order valence-electron chi connectivity index (χ0n) is 35.0. The van der Waals surface area contributed by atoms with Gasteiger partial charge in [-0.25, -0.2) is 0 Å². The predicted molar refractivity (Wildman–Crippen MR) is 226 cm³/mol. The lowest BCUT2D eigenvalue weighted by Gasteiger charge is -2.25. The van der Waals surface area contributed by atoms with Crippen LogP contribution in [0, 0.1) is 0 Å². The first-order valence-corrected chi connectivity index (χ1v) is 22.1. The molecule has 1 amide bonds. The Morgan fingerprint density at radius 3 is 1.31 bits per heavy atom. The molecule has 0 bridgehead atoms. The molecular formula is C46H80N2O7. The van der Waals surface area contributed by atoms with Crippen LogP contribution in [-0.4, -0.2) is 96.0 Å². The van der Waals surface area contributed by atoms with E-state index < -0.39 is 12.2 Å². The molecule has 1 aliphatic rings. The molecule has 0 aromatic rings. The summed E-state index contributed by atoms with van der Waals surface area (Å²) < 4.78 is 10.9. The van der Waals surface area contributed by atoms with E-state index in [-0.39, 0.29) is 63.8 Å². The number of ether oxygens (including phenoxy) is 2. The molecule has 0 radical (unpaired) electrons. The van der Waals surface area contributed by atoms with Gasteiger partial charge in [0.1, 0.15) is 13.2 Å². The number of allylic oxidation sites excluding steroid dienone is 8. The Labute approximate surface area is 335 Å². The molecule has 0 aromatic heterocycles. The third-order valence-electron chi connectivity index (χ3n) is 9.96. The molecule has 0 aliphatic carbocycles. The van der Waals surface area contributed by atoms with Crippen molar-refractivity contribution in [3.8, 4) is 0 Å². The second kappa shape index (κ2) is 36.9. The molecule has 2 atom stereocenters. The number of esters is 2. The Morgan fingerprint density at radius 1 is 0.545 bits per heavy atom. The number of β-amino-alcohol motifs (C(OH)–C–C–N with tert-alkyl or cyclic N) is 2. The lowest BCUT2D eigenvalue weighted by Crippen LogP contribution is -2.43. The van der Waals surface area contributed by atoms with Crippen LogP contribution in [-0.2, 0) is 23.9 Å². The molecule has 1 rings (SSSR count). The fourth-order valence-corrected chi connectivity index (χ4v) is 6.47. The van der Waals surface area contributed by atoms with Gasteiger partial charge in [0.25, 0.3) is 0 Å². The summed E-state index contributed by atoms with van der Waals surface area (Å²) in [7, 11) is 0. The Morgan fingerprint density at radius 2 is 0.909 bits per heavy atom. The first-order chi connectivity index (χ1) is 26.9. The first-order valence-electron chi connectivity index (χ1n) is 22.1. The number of unbranched alkanes of at least 4 members (excludes halogenated alkanes) is 16. The minimum Gasteiger partial charge on any atom is -0.464 e. The summed E-state index contributed by atoms with van der Waals surface area (Å²) in [5.41, 5.74) is 0. The van der Waals surface area contributed by atoms with Crippen LogP contribution < -0.4 is 0 Å². The van der Waals surface area contributed by atoms with Crippen molar-refractivity contribution in [3.05, 3.63) is 48.6 Å². The van der Waals surface area contributed by atoms with Gasteiger partial charge in [0, 0.05) is 25.9 Å². The van der Waals surface area contributed by atoms with Crippen molar-refractivity contribution < 1.29 is 34.1 Å². The Bertz CT molecular complexity index is 998. The van der Waals surface area contributed by atoms with Gasteiger partial charge in [-0.2, -0.15) is 0 Å². The SMILES string of the molecule is CCCCC/C=C\C/C=C\CCCCCCCC(=O)OCCN(CCOC(=O)CCCCCCC/C=C\C/C=C\CCCCC)C(=O)CN1C[C@H](O)[C@@H](O)C1. The topological polar surface area (TPSA) is 117 Å². The van der Waals surface area contributed by atoms with Gasteiger partial charge >= 0.3 is 11.9 Å². The third-order valence-corrected chi connectivity index (χ3v) is 9.96. The van der Waals surface area contributed by atoms with E-state index in [2.05, 4.69) is 62.5 Å². The smallest absolute Gasteiger partial charge is 0.305 e. The van der Waals surface area contributed by atoms with Crippen molar-refractivity contribution in [1.29, 1.82) is 0 Å². The number of likely N-dealkylation sites (tertiary alicyclic amines) is 1. The highest BCUT2D eigenvalue weighted by Crippen LogP contribution is 2.12. The number of aliphatic hydroxyl groups is 2. The fraction of sp³-hybridized carbons (Fsp3) is 0.761. The molecule has 1 heterocycles. The van der Waals surface area contributed by atoms with Crippen molar-refractivity contribution in [2.75, 3.05) is 45.9 Å². The van der Waals surface area contributed by atoms with Crippen LogP contribution in [0.5, 0.6) is 0 Å². The highest BCUT2D eigenvalue weighted by molar-refractivity contribution is 5.78. The summed E-state index contributed by atoms with van der Waals surface area (Å²) in [6.07, 6.45) is 41.7. The summed E-state index contributed by atoms with van der Waals surface area (Å²) in [6.45, 7) is 5.42. The van der Waals surface area contributed by atoms with E-state index >= 15 is 0 Å². The zero-order chi connectivity index (χ0) is 40.0. The summed E-state index contributed by atoms with van der Waals surface area (Å²) in [6, 6.07) is 0. The van der Waals surface area contributed by atoms with E-state index in [1.54, 1.807) is 4.90 Å². The van der Waals surface area contributed by atoms with Crippen LogP contribution in [0.15, 0.2) is 48.6 Å². The normalized spacial score (nSPS) is 16.4. The highest BCUT2D eigenvalue weighted by atomic mass is 16.5. The Balaban J connectivity index is 2.23. The molecule has 316 valence electrons. The highest BCUT2D eigenvalue weighted by Gasteiger charge is 2.31. The van der Waals surface area contributed by atoms with Crippen molar-refractivity contribution in [2.24, 2.45) is 0 Å². The fourth-order valence-electron chi connectivity index (χ4n) is 6.47. The van der Waals surface area contributed by atoms with Gasteiger partial charge in [0.15, 0.2) is 0 Å². The second-order valence-electron chi connectivity index (χ2n) is 15.1. The molecular weight excluding hydrogens is 693 g/mol. The van der Waals surface area contributed by atoms with Crippen LogP contribution in [0.2, 0.25) is 0 Å². The van der Waals surface area contributed by atoms with Gasteiger partial charge in [0.05, 0.1) is 31.8 Å². The van der Waals surface area contributed by atoms with E-state index in [4.69, 9.17) is 9.47 Å². The van der Waals surface area contributed by atoms with Gasteiger partial charge < -0.3 is 24.6 Å². The minimum atomic E-state index is -0.883. The van der Waals surface area contributed by atoms with Crippen molar-refractivity contribution >= 4 is 17.8 Å². The third kappa shape index (κ3) is 31.1. The molecule has 1 saturated heterocycles. The molecule has 1 fully saturated rings. The monoisotopic (exact) mass is 773 g/mol. The predicted octanol–water partition coefficient (Wildman–Crippen LogP) is 9.57. The standard InChI is InChI=1S/C46H80N2O7/c1-3-5-7-9-11-13-15-17-19-21-23-25-27-29-31-33-45(52)54-37-35-48(44(51)41-47-39-42(49)43(50)40-47)36-38-55-46(53)34-32-30-28-26-24-22-20-18-16-14-12-10-8-6-4-2/h11-14,17-20,42-43,49-50H,3-10,15-16,21-41H2,1-2H3/b13-11-,14-12-,19-17-,20-18-/t42-,43-/m0/s1. The first kappa shape index (κ1) is 50.3. The molecule has 9 heteroatoms. The average Bonchev–Trinajstić information content (AvgIpc) is 3.49. The van der Waals surface area contributed by atoms with E-state index in [0.29, 0.717) is 12.8 Å². The van der Waals surface area contributed by atoms with Gasteiger partial charge in [-0.1, -0.05) is 127 Å². The molecule has 55 heavy (non-hydrogen) atoms. The van der Waals surface area contributed by atoms with Crippen molar-refractivity contribution in [3.63, 3.8) is 0 Å². The van der Waals surface area contributed by atoms with Crippen LogP contribution >= 0.6 is 0 Å². The lowest BCUT2D eigenvalue weighted by molar-refractivity contribution is -0.148. The van der Waals surface area contributed by atoms with Crippen LogP contribution in [0.1, 0.15) is 168 Å². The second-order valence-corrected chi connectivity index (χ2v) is 15.1. The summed E-state index contributed by atoms with van der Waals surface area (Å²) in [5.74, 6) is -0.767. The van der Waals surface area contributed by atoms with Gasteiger partial charge in [-0.3, -0.25) is 19.3 Å². The minimum absolute atomic E-state index is 0.0218. The molecule has 1 aliphatic heterocycles. The summed E-state index contributed by atoms with van der Waals surface area (Å²) >= 11 is 0. The maximum absolute atomic E-state index is 13.1. The number of hydrogen-bond acceptors (Lipinski definition) is 8. The number of aliphatic hydroxyl groups excluding tert-OH is 2. The molecule has 9 nitrogen and oxygen atoms in total. The Hall–Kier alpha value is -2.75. The Kier molecular flexibility index (Phi) is 33.7. The summed E-state index contributed by atoms with van der Waals surface area (Å²) in [5, 5.41) is 19.8. The quantitative estimate of drug-likeness (QED) is 0.0368. The van der Waals surface area contributed by atoms with E-state index in [1.807, 2.05) is 0 Å². The van der Waals surface area contributed by atoms with Gasteiger partial charge in [0.2, 0.25) is 5.91 Å². The molecule has 0 unspecified atom stereocenters. The largest absolute Gasteiger partial charge is 0.464 e. The molecule has 0 aromatic carbocycles. The summed E-state index contributed by atoms with van der Waals surface area (Å²) in [4.78, 5) is 41.2. The molecule has 2 N–H and O–H groups in total. The molecule has 0 saturated carbocycles. The molecule has 0 spiro atoms. The number of hydrogen-bond donors (Lipinski definition) is 2. The van der Waals surface area contributed by atoms with Crippen molar-refractivity contribution in [1.82, 2.24) is 9.80 Å². The van der Waals surface area contributed by atoms with Crippen LogP contribution in [0.25, 0.3) is 0 Å². The number of amides is 1. The van der Waals surface area contributed by atoms with Crippen LogP contribution in [0.3, 0.4) is 0 Å². The van der Waals surface area contributed by atoms with Crippen molar-refractivity contribution in [2.45, 2.75) is 180 Å². The maximum atomic E-state index is 13.1. The number of rotatable bonds is 36. The number of carbonyl (C=O) groups is 3. The van der Waals surface area contributed by atoms with E-state index in [0.717, 1.165) is 89.9 Å².